The van der Waals surface area contributed by atoms with Crippen LogP contribution >= 0.6 is 0 Å². The lowest BCUT2D eigenvalue weighted by Crippen LogP contribution is -2.50. The lowest BCUT2D eigenvalue weighted by molar-refractivity contribution is -0.138. The summed E-state index contributed by atoms with van der Waals surface area (Å²) < 4.78 is 31.4. The van der Waals surface area contributed by atoms with E-state index in [4.69, 9.17) is 4.98 Å². The van der Waals surface area contributed by atoms with Crippen molar-refractivity contribution in [2.24, 2.45) is 7.05 Å². The number of alkyl halides is 2. The Balaban J connectivity index is 1.52. The Hall–Kier alpha value is -2.84. The molecule has 2 saturated carbocycles. The highest BCUT2D eigenvalue weighted by molar-refractivity contribution is 5.87. The van der Waals surface area contributed by atoms with E-state index >= 15 is 0 Å². The summed E-state index contributed by atoms with van der Waals surface area (Å²) in [5.74, 6) is 0.0281. The van der Waals surface area contributed by atoms with Crippen molar-refractivity contribution in [3.8, 4) is 11.3 Å². The zero-order valence-electron chi connectivity index (χ0n) is 20.6. The van der Waals surface area contributed by atoms with E-state index in [0.717, 1.165) is 51.4 Å². The maximum atomic E-state index is 14.1. The molecule has 0 bridgehead atoms. The lowest BCUT2D eigenvalue weighted by Gasteiger charge is -2.41. The number of pyridine rings is 1. The number of halogens is 2. The van der Waals surface area contributed by atoms with E-state index in [0.29, 0.717) is 28.0 Å². The minimum Gasteiger partial charge on any atom is -0.335 e. The highest BCUT2D eigenvalue weighted by Crippen LogP contribution is 2.34. The molecule has 2 aliphatic carbocycles. The zero-order chi connectivity index (χ0) is 24.5. The molecule has 0 N–H and O–H groups in total. The van der Waals surface area contributed by atoms with Gasteiger partial charge in [0.25, 0.3) is 6.43 Å². The second-order valence-electron chi connectivity index (χ2n) is 10.1. The number of amides is 1. The first-order valence-corrected chi connectivity index (χ1v) is 12.9. The number of aromatic nitrogens is 5. The van der Waals surface area contributed by atoms with Crippen molar-refractivity contribution in [2.45, 2.75) is 96.2 Å². The number of aryl methyl sites for hydroxylation is 2. The summed E-state index contributed by atoms with van der Waals surface area (Å²) in [7, 11) is 1.77. The van der Waals surface area contributed by atoms with E-state index in [2.05, 4.69) is 15.1 Å². The Bertz CT molecular complexity index is 1170. The number of nitrogens with zero attached hydrogens (tertiary/aromatic N) is 6. The largest absolute Gasteiger partial charge is 0.335 e. The predicted molar refractivity (Wildman–Crippen MR) is 130 cm³/mol. The molecule has 2 aliphatic rings. The van der Waals surface area contributed by atoms with Crippen LogP contribution in [0, 0.1) is 6.92 Å². The molecule has 1 amide bonds. The van der Waals surface area contributed by atoms with Crippen LogP contribution in [0.3, 0.4) is 0 Å². The molecular weight excluding hydrogens is 450 g/mol. The third kappa shape index (κ3) is 4.82. The Kier molecular flexibility index (Phi) is 6.84. The van der Waals surface area contributed by atoms with Crippen molar-refractivity contribution in [3.63, 3.8) is 0 Å². The summed E-state index contributed by atoms with van der Waals surface area (Å²) in [6.07, 6.45) is 11.9. The Labute approximate surface area is 204 Å². The average Bonchev–Trinajstić information content (AvgIpc) is 3.43. The standard InChI is InChI=1S/C26H34F2N6O/c1-17-24-21(25(27)28)13-22(18-14-29-32(2)15-18)30-26(24)33(31-17)16-23(35)34(19-9-5-3-6-10-19)20-11-7-4-8-12-20/h13-15,19-20,25H,3-12,16H2,1-2H3. The second-order valence-corrected chi connectivity index (χ2v) is 10.1. The SMILES string of the molecule is Cc1nn(CC(=O)N(C2CCCCC2)C2CCCCC2)c2nc(-c3cnn(C)c3)cc(C(F)F)c12. The van der Waals surface area contributed by atoms with Gasteiger partial charge < -0.3 is 4.90 Å². The molecular formula is C26H34F2N6O. The Morgan fingerprint density at radius 1 is 1.09 bits per heavy atom. The van der Waals surface area contributed by atoms with E-state index in [1.54, 1.807) is 31.0 Å². The molecule has 3 aromatic heterocycles. The number of hydrogen-bond acceptors (Lipinski definition) is 4. The van der Waals surface area contributed by atoms with Crippen LogP contribution in [0.25, 0.3) is 22.3 Å². The number of carbonyl (C=O) groups is 1. The van der Waals surface area contributed by atoms with Crippen LogP contribution in [0.4, 0.5) is 8.78 Å². The smallest absolute Gasteiger partial charge is 0.264 e. The molecule has 7 nitrogen and oxygen atoms in total. The van der Waals surface area contributed by atoms with Crippen molar-refractivity contribution >= 4 is 16.9 Å². The monoisotopic (exact) mass is 484 g/mol. The first-order valence-electron chi connectivity index (χ1n) is 12.9. The number of carbonyl (C=O) groups excluding carboxylic acids is 1. The number of rotatable bonds is 6. The summed E-state index contributed by atoms with van der Waals surface area (Å²) in [5.41, 5.74) is 1.75. The predicted octanol–water partition coefficient (Wildman–Crippen LogP) is 5.57. The molecule has 0 spiro atoms. The van der Waals surface area contributed by atoms with Crippen LogP contribution in [0.1, 0.15) is 81.9 Å². The van der Waals surface area contributed by atoms with Gasteiger partial charge in [0.2, 0.25) is 5.91 Å². The van der Waals surface area contributed by atoms with Gasteiger partial charge in [-0.25, -0.2) is 18.4 Å². The quantitative estimate of drug-likeness (QED) is 0.459. The molecule has 9 heteroatoms. The van der Waals surface area contributed by atoms with E-state index in [9.17, 15) is 13.6 Å². The molecule has 0 radical (unpaired) electrons. The molecule has 2 fully saturated rings. The highest BCUT2D eigenvalue weighted by atomic mass is 19.3. The molecule has 0 aromatic carbocycles. The summed E-state index contributed by atoms with van der Waals surface area (Å²) in [4.78, 5) is 20.7. The first-order chi connectivity index (χ1) is 16.9. The van der Waals surface area contributed by atoms with Crippen molar-refractivity contribution in [2.75, 3.05) is 0 Å². The average molecular weight is 485 g/mol. The molecule has 35 heavy (non-hydrogen) atoms. The van der Waals surface area contributed by atoms with Gasteiger partial charge in [0, 0.05) is 36.5 Å². The van der Waals surface area contributed by atoms with E-state index in [1.807, 2.05) is 0 Å². The Morgan fingerprint density at radius 3 is 2.26 bits per heavy atom. The minimum atomic E-state index is -2.68. The van der Waals surface area contributed by atoms with Gasteiger partial charge in [-0.1, -0.05) is 38.5 Å². The molecule has 0 saturated heterocycles. The summed E-state index contributed by atoms with van der Waals surface area (Å²) >= 11 is 0. The number of fused-ring (bicyclic) bond motifs is 1. The van der Waals surface area contributed by atoms with Crippen LogP contribution in [0.5, 0.6) is 0 Å². The fraction of sp³-hybridized carbons (Fsp3) is 0.615. The molecule has 0 unspecified atom stereocenters. The van der Waals surface area contributed by atoms with Crippen LogP contribution in [0.15, 0.2) is 18.5 Å². The summed E-state index contributed by atoms with van der Waals surface area (Å²) in [5, 5.41) is 9.03. The fourth-order valence-electron chi connectivity index (χ4n) is 6.00. The van der Waals surface area contributed by atoms with Gasteiger partial charge in [-0.05, 0) is 38.7 Å². The van der Waals surface area contributed by atoms with Gasteiger partial charge in [0.1, 0.15) is 6.54 Å². The summed E-state index contributed by atoms with van der Waals surface area (Å²) in [6.45, 7) is 1.73. The fourth-order valence-corrected chi connectivity index (χ4v) is 6.00. The maximum absolute atomic E-state index is 14.1. The maximum Gasteiger partial charge on any atom is 0.264 e. The normalized spacial score (nSPS) is 18.0. The van der Waals surface area contributed by atoms with Crippen LogP contribution in [-0.2, 0) is 18.4 Å². The first kappa shape index (κ1) is 23.9. The van der Waals surface area contributed by atoms with Crippen molar-refractivity contribution in [1.82, 2.24) is 29.4 Å². The molecule has 0 aliphatic heterocycles. The van der Waals surface area contributed by atoms with E-state index in [-0.39, 0.29) is 30.1 Å². The second kappa shape index (κ2) is 10.0. The third-order valence-corrected chi connectivity index (χ3v) is 7.65. The van der Waals surface area contributed by atoms with Crippen LogP contribution in [-0.4, -0.2) is 47.4 Å². The third-order valence-electron chi connectivity index (χ3n) is 7.65. The zero-order valence-corrected chi connectivity index (χ0v) is 20.6. The molecule has 188 valence electrons. The minimum absolute atomic E-state index is 0.0174. The van der Waals surface area contributed by atoms with Gasteiger partial charge in [0.05, 0.1) is 23.0 Å². The Morgan fingerprint density at radius 2 is 1.71 bits per heavy atom. The van der Waals surface area contributed by atoms with Crippen molar-refractivity contribution < 1.29 is 13.6 Å². The topological polar surface area (TPSA) is 68.8 Å². The van der Waals surface area contributed by atoms with Crippen molar-refractivity contribution in [1.29, 1.82) is 0 Å². The molecule has 3 heterocycles. The van der Waals surface area contributed by atoms with E-state index < -0.39 is 6.43 Å². The van der Waals surface area contributed by atoms with Gasteiger partial charge in [0.15, 0.2) is 5.65 Å². The van der Waals surface area contributed by atoms with Crippen molar-refractivity contribution in [3.05, 3.63) is 29.7 Å². The van der Waals surface area contributed by atoms with Gasteiger partial charge >= 0.3 is 0 Å². The molecule has 5 rings (SSSR count). The molecule has 3 aromatic rings. The van der Waals surface area contributed by atoms with Gasteiger partial charge in [-0.15, -0.1) is 0 Å². The van der Waals surface area contributed by atoms with Gasteiger partial charge in [-0.2, -0.15) is 10.2 Å². The van der Waals surface area contributed by atoms with E-state index in [1.165, 1.54) is 23.6 Å². The summed E-state index contributed by atoms with van der Waals surface area (Å²) in [6, 6.07) is 1.94. The van der Waals surface area contributed by atoms with Crippen LogP contribution < -0.4 is 0 Å². The molecule has 0 atom stereocenters. The lowest BCUT2D eigenvalue weighted by atomic mass is 9.88. The number of hydrogen-bond donors (Lipinski definition) is 0. The highest BCUT2D eigenvalue weighted by Gasteiger charge is 2.33. The van der Waals surface area contributed by atoms with Gasteiger partial charge in [-0.3, -0.25) is 9.48 Å². The van der Waals surface area contributed by atoms with Crippen LogP contribution in [0.2, 0.25) is 0 Å².